The molecule has 3 aromatic rings. The van der Waals surface area contributed by atoms with Crippen LogP contribution in [0.5, 0.6) is 5.75 Å². The van der Waals surface area contributed by atoms with E-state index in [1.165, 1.54) is 0 Å². The number of benzene rings is 2. The zero-order valence-electron chi connectivity index (χ0n) is 16.5. The number of amides is 1. The first-order chi connectivity index (χ1) is 14.5. The number of halogens is 2. The maximum atomic E-state index is 12.8. The summed E-state index contributed by atoms with van der Waals surface area (Å²) in [6.45, 7) is 3.69. The molecule has 2 aromatic carbocycles. The Morgan fingerprint density at radius 3 is 2.67 bits per heavy atom. The number of carbonyl (C=O) groups is 1. The molecule has 5 nitrogen and oxygen atoms in total. The second-order valence-electron chi connectivity index (χ2n) is 7.05. The van der Waals surface area contributed by atoms with Gasteiger partial charge < -0.3 is 9.64 Å². The van der Waals surface area contributed by atoms with Crippen molar-refractivity contribution in [2.75, 3.05) is 33.3 Å². The first-order valence-corrected chi connectivity index (χ1v) is 11.2. The number of hydrogen-bond donors (Lipinski definition) is 0. The topological polar surface area (TPSA) is 45.7 Å². The summed E-state index contributed by atoms with van der Waals surface area (Å²) in [7, 11) is 1.66. The van der Waals surface area contributed by atoms with Crippen molar-refractivity contribution in [1.29, 1.82) is 0 Å². The zero-order chi connectivity index (χ0) is 21.1. The fourth-order valence-electron chi connectivity index (χ4n) is 3.43. The highest BCUT2D eigenvalue weighted by Gasteiger charge is 2.24. The number of thiazole rings is 1. The highest BCUT2D eigenvalue weighted by Crippen LogP contribution is 2.26. The lowest BCUT2D eigenvalue weighted by molar-refractivity contribution is 0.0628. The van der Waals surface area contributed by atoms with Crippen molar-refractivity contribution in [3.05, 3.63) is 68.5 Å². The second-order valence-corrected chi connectivity index (χ2v) is 8.84. The molecule has 0 saturated carbocycles. The molecule has 8 heteroatoms. The molecule has 0 bridgehead atoms. The van der Waals surface area contributed by atoms with Gasteiger partial charge in [0.2, 0.25) is 0 Å². The Balaban J connectivity index is 1.35. The summed E-state index contributed by atoms with van der Waals surface area (Å²) in [6.07, 6.45) is 0. The Hall–Kier alpha value is -2.12. The largest absolute Gasteiger partial charge is 0.497 e. The van der Waals surface area contributed by atoms with Crippen LogP contribution >= 0.6 is 34.5 Å². The molecule has 1 fully saturated rings. The predicted octanol–water partition coefficient (Wildman–Crippen LogP) is 5.08. The van der Waals surface area contributed by atoms with Crippen LogP contribution in [0.25, 0.3) is 11.3 Å². The van der Waals surface area contributed by atoms with Gasteiger partial charge in [0.15, 0.2) is 0 Å². The Bertz CT molecular complexity index is 1050. The van der Waals surface area contributed by atoms with Crippen LogP contribution in [-0.4, -0.2) is 54.0 Å². The lowest BCUT2D eigenvalue weighted by Crippen LogP contribution is -2.48. The number of aromatic nitrogens is 1. The first kappa shape index (κ1) is 21.1. The van der Waals surface area contributed by atoms with Crippen LogP contribution < -0.4 is 4.74 Å². The van der Waals surface area contributed by atoms with Crippen molar-refractivity contribution in [2.24, 2.45) is 0 Å². The fraction of sp³-hybridized carbons (Fsp3) is 0.273. The number of methoxy groups -OCH3 is 1. The van der Waals surface area contributed by atoms with Crippen LogP contribution in [0.1, 0.15) is 15.4 Å². The Labute approximate surface area is 189 Å². The summed E-state index contributed by atoms with van der Waals surface area (Å²) in [4.78, 5) is 21.7. The van der Waals surface area contributed by atoms with E-state index < -0.39 is 0 Å². The molecule has 1 saturated heterocycles. The van der Waals surface area contributed by atoms with Crippen molar-refractivity contribution < 1.29 is 9.53 Å². The zero-order valence-corrected chi connectivity index (χ0v) is 18.8. The molecule has 0 spiro atoms. The van der Waals surface area contributed by atoms with Crippen LogP contribution in [0.4, 0.5) is 0 Å². The summed E-state index contributed by atoms with van der Waals surface area (Å²) in [6, 6.07) is 12.9. The average Bonchev–Trinajstić information content (AvgIpc) is 3.22. The molecule has 0 radical (unpaired) electrons. The highest BCUT2D eigenvalue weighted by atomic mass is 35.5. The van der Waals surface area contributed by atoms with E-state index in [1.807, 2.05) is 29.2 Å². The summed E-state index contributed by atoms with van der Waals surface area (Å²) in [5, 5.41) is 4.06. The summed E-state index contributed by atoms with van der Waals surface area (Å²) in [5.41, 5.74) is 2.50. The van der Waals surface area contributed by atoms with E-state index in [1.54, 1.807) is 36.6 Å². The van der Waals surface area contributed by atoms with E-state index in [0.29, 0.717) is 28.7 Å². The summed E-state index contributed by atoms with van der Waals surface area (Å²) >= 11 is 13.8. The molecule has 1 aliphatic heterocycles. The monoisotopic (exact) mass is 461 g/mol. The SMILES string of the molecule is COc1cccc(-c2csc(CN3CCN(C(=O)c4ccc(Cl)cc4Cl)CC3)n2)c1. The van der Waals surface area contributed by atoms with E-state index in [9.17, 15) is 4.79 Å². The molecule has 0 atom stereocenters. The van der Waals surface area contributed by atoms with Gasteiger partial charge in [0.25, 0.3) is 5.91 Å². The molecule has 0 N–H and O–H groups in total. The molecule has 1 aliphatic rings. The molecule has 1 aromatic heterocycles. The quantitative estimate of drug-likeness (QED) is 0.531. The van der Waals surface area contributed by atoms with Crippen molar-refractivity contribution >= 4 is 40.4 Å². The number of rotatable bonds is 5. The van der Waals surface area contributed by atoms with Crippen LogP contribution in [-0.2, 0) is 6.54 Å². The van der Waals surface area contributed by atoms with E-state index in [4.69, 9.17) is 32.9 Å². The number of ether oxygens (including phenoxy) is 1. The van der Waals surface area contributed by atoms with Crippen molar-refractivity contribution in [3.63, 3.8) is 0 Å². The molecule has 4 rings (SSSR count). The maximum absolute atomic E-state index is 12.8. The van der Waals surface area contributed by atoms with Crippen LogP contribution in [0.3, 0.4) is 0 Å². The summed E-state index contributed by atoms with van der Waals surface area (Å²) in [5.74, 6) is 0.773. The van der Waals surface area contributed by atoms with Gasteiger partial charge in [0.1, 0.15) is 10.8 Å². The van der Waals surface area contributed by atoms with Crippen LogP contribution in [0, 0.1) is 0 Å². The third kappa shape index (κ3) is 4.78. The molecule has 2 heterocycles. The van der Waals surface area contributed by atoms with Crippen molar-refractivity contribution in [2.45, 2.75) is 6.54 Å². The minimum absolute atomic E-state index is 0.0501. The minimum atomic E-state index is -0.0501. The number of carbonyl (C=O) groups excluding carboxylic acids is 1. The van der Waals surface area contributed by atoms with Gasteiger partial charge >= 0.3 is 0 Å². The average molecular weight is 462 g/mol. The van der Waals surface area contributed by atoms with E-state index in [-0.39, 0.29) is 5.91 Å². The third-order valence-corrected chi connectivity index (χ3v) is 6.48. The van der Waals surface area contributed by atoms with Crippen molar-refractivity contribution in [1.82, 2.24) is 14.8 Å². The van der Waals surface area contributed by atoms with Crippen LogP contribution in [0.2, 0.25) is 10.0 Å². The van der Waals surface area contributed by atoms with Gasteiger partial charge in [-0.3, -0.25) is 9.69 Å². The third-order valence-electron chi connectivity index (χ3n) is 5.10. The van der Waals surface area contributed by atoms with Crippen molar-refractivity contribution in [3.8, 4) is 17.0 Å². The first-order valence-electron chi connectivity index (χ1n) is 9.59. The minimum Gasteiger partial charge on any atom is -0.497 e. The van der Waals surface area contributed by atoms with E-state index in [2.05, 4.69) is 10.3 Å². The molecular formula is C22H21Cl2N3O2S. The lowest BCUT2D eigenvalue weighted by Gasteiger charge is -2.34. The number of piperazine rings is 1. The van der Waals surface area contributed by atoms with Gasteiger partial charge in [0.05, 0.1) is 29.9 Å². The Morgan fingerprint density at radius 2 is 1.93 bits per heavy atom. The van der Waals surface area contributed by atoms with Gasteiger partial charge in [-0.05, 0) is 30.3 Å². The molecule has 1 amide bonds. The Kier molecular flexibility index (Phi) is 6.58. The number of nitrogens with zero attached hydrogens (tertiary/aromatic N) is 3. The van der Waals surface area contributed by atoms with Gasteiger partial charge in [-0.2, -0.15) is 0 Å². The number of hydrogen-bond acceptors (Lipinski definition) is 5. The fourth-order valence-corrected chi connectivity index (χ4v) is 4.77. The van der Waals surface area contributed by atoms with Gasteiger partial charge in [-0.1, -0.05) is 35.3 Å². The highest BCUT2D eigenvalue weighted by molar-refractivity contribution is 7.09. The smallest absolute Gasteiger partial charge is 0.255 e. The lowest BCUT2D eigenvalue weighted by atomic mass is 10.1. The van der Waals surface area contributed by atoms with E-state index in [0.717, 1.165) is 41.6 Å². The van der Waals surface area contributed by atoms with E-state index >= 15 is 0 Å². The van der Waals surface area contributed by atoms with Crippen LogP contribution in [0.15, 0.2) is 47.8 Å². The molecular weight excluding hydrogens is 441 g/mol. The molecule has 0 unspecified atom stereocenters. The standard InChI is InChI=1S/C22H21Cl2N3O2S/c1-29-17-4-2-3-15(11-17)20-14-30-21(25-20)13-26-7-9-27(10-8-26)22(28)18-6-5-16(23)12-19(18)24/h2-6,11-12,14H,7-10,13H2,1H3. The van der Waals surface area contributed by atoms with Gasteiger partial charge in [0, 0.05) is 42.1 Å². The molecule has 0 aliphatic carbocycles. The normalized spacial score (nSPS) is 14.7. The summed E-state index contributed by atoms with van der Waals surface area (Å²) < 4.78 is 5.30. The molecule has 30 heavy (non-hydrogen) atoms. The second kappa shape index (κ2) is 9.35. The molecule has 156 valence electrons. The van der Waals surface area contributed by atoms with Gasteiger partial charge in [-0.25, -0.2) is 4.98 Å². The Morgan fingerprint density at radius 1 is 1.13 bits per heavy atom. The van der Waals surface area contributed by atoms with Gasteiger partial charge in [-0.15, -0.1) is 11.3 Å². The predicted molar refractivity (Wildman–Crippen MR) is 122 cm³/mol. The maximum Gasteiger partial charge on any atom is 0.255 e.